The van der Waals surface area contributed by atoms with E-state index in [-0.39, 0.29) is 6.04 Å². The minimum atomic E-state index is 0.0624. The van der Waals surface area contributed by atoms with Gasteiger partial charge in [0.25, 0.3) is 0 Å². The zero-order valence-corrected chi connectivity index (χ0v) is 15.0. The van der Waals surface area contributed by atoms with Gasteiger partial charge in [0.05, 0.1) is 6.04 Å². The van der Waals surface area contributed by atoms with E-state index in [0.717, 1.165) is 22.7 Å². The van der Waals surface area contributed by atoms with Crippen LogP contribution < -0.4 is 20.1 Å². The summed E-state index contributed by atoms with van der Waals surface area (Å²) in [6.45, 7) is 7.45. The number of nitrogens with one attached hydrogen (secondary N) is 2. The van der Waals surface area contributed by atoms with Crippen LogP contribution in [0.4, 0.5) is 5.69 Å². The van der Waals surface area contributed by atoms with Crippen LogP contribution in [0.25, 0.3) is 0 Å². The molecule has 2 aromatic rings. The van der Waals surface area contributed by atoms with Crippen LogP contribution in [0.15, 0.2) is 36.4 Å². The van der Waals surface area contributed by atoms with Crippen molar-refractivity contribution in [3.63, 3.8) is 0 Å². The number of hydrogen-bond acceptors (Lipinski definition) is 3. The number of anilines is 1. The maximum absolute atomic E-state index is 5.64. The van der Waals surface area contributed by atoms with Gasteiger partial charge in [-0.1, -0.05) is 12.1 Å². The molecular formula is C19H22N2O2S. The lowest BCUT2D eigenvalue weighted by Crippen LogP contribution is -2.31. The quantitative estimate of drug-likeness (QED) is 0.821. The highest BCUT2D eigenvalue weighted by molar-refractivity contribution is 7.80. The van der Waals surface area contributed by atoms with Crippen LogP contribution in [0, 0.1) is 13.8 Å². The van der Waals surface area contributed by atoms with Crippen molar-refractivity contribution in [3.05, 3.63) is 53.1 Å². The lowest BCUT2D eigenvalue weighted by atomic mass is 10.1. The third-order valence-electron chi connectivity index (χ3n) is 4.18. The highest BCUT2D eigenvalue weighted by Gasteiger charge is 2.15. The van der Waals surface area contributed by atoms with Crippen molar-refractivity contribution in [3.8, 4) is 11.5 Å². The molecule has 1 aliphatic heterocycles. The van der Waals surface area contributed by atoms with Gasteiger partial charge in [-0.2, -0.15) is 0 Å². The molecule has 0 saturated heterocycles. The first-order valence-corrected chi connectivity index (χ1v) is 8.48. The number of ether oxygens (including phenoxy) is 2. The van der Waals surface area contributed by atoms with E-state index in [1.165, 1.54) is 11.1 Å². The van der Waals surface area contributed by atoms with E-state index in [1.54, 1.807) is 0 Å². The number of rotatable bonds is 3. The second-order valence-corrected chi connectivity index (χ2v) is 6.43. The monoisotopic (exact) mass is 342 g/mol. The zero-order valence-electron chi connectivity index (χ0n) is 14.2. The maximum Gasteiger partial charge on any atom is 0.171 e. The minimum Gasteiger partial charge on any atom is -0.486 e. The molecule has 0 radical (unpaired) electrons. The Hall–Kier alpha value is -2.27. The third kappa shape index (κ3) is 3.79. The Labute approximate surface area is 148 Å². The molecule has 2 N–H and O–H groups in total. The first kappa shape index (κ1) is 16.6. The molecule has 3 rings (SSSR count). The van der Waals surface area contributed by atoms with E-state index >= 15 is 0 Å². The molecule has 0 bridgehead atoms. The Balaban J connectivity index is 1.64. The zero-order chi connectivity index (χ0) is 17.1. The molecule has 0 fully saturated rings. The molecule has 0 amide bonds. The number of aryl methyl sites for hydroxylation is 2. The number of hydrogen-bond donors (Lipinski definition) is 2. The predicted octanol–water partition coefficient (Wildman–Crippen LogP) is 4.12. The molecule has 0 aromatic heterocycles. The Kier molecular flexibility index (Phi) is 4.90. The van der Waals surface area contributed by atoms with Crippen molar-refractivity contribution in [2.75, 3.05) is 18.5 Å². The first-order chi connectivity index (χ1) is 11.5. The lowest BCUT2D eigenvalue weighted by molar-refractivity contribution is 0.171. The third-order valence-corrected chi connectivity index (χ3v) is 4.40. The van der Waals surface area contributed by atoms with Crippen LogP contribution in [-0.2, 0) is 0 Å². The van der Waals surface area contributed by atoms with E-state index < -0.39 is 0 Å². The average Bonchev–Trinajstić information content (AvgIpc) is 2.57. The standard InChI is InChI=1S/C19H22N2O2S/c1-12-4-6-16(10-13(12)2)21-19(24)20-14(3)15-5-7-17-18(11-15)23-9-8-22-17/h4-7,10-11,14H,8-9H2,1-3H3,(H2,20,21,24)/t14-/m1/s1. The summed E-state index contributed by atoms with van der Waals surface area (Å²) in [6, 6.07) is 12.3. The Morgan fingerprint density at radius 2 is 1.75 bits per heavy atom. The molecular weight excluding hydrogens is 320 g/mol. The summed E-state index contributed by atoms with van der Waals surface area (Å²) in [5.74, 6) is 1.59. The van der Waals surface area contributed by atoms with E-state index in [9.17, 15) is 0 Å². The largest absolute Gasteiger partial charge is 0.486 e. The van der Waals surface area contributed by atoms with Gasteiger partial charge in [0.2, 0.25) is 0 Å². The second-order valence-electron chi connectivity index (χ2n) is 6.02. The van der Waals surface area contributed by atoms with Gasteiger partial charge in [-0.15, -0.1) is 0 Å². The predicted molar refractivity (Wildman–Crippen MR) is 101 cm³/mol. The van der Waals surface area contributed by atoms with Crippen LogP contribution in [0.3, 0.4) is 0 Å². The summed E-state index contributed by atoms with van der Waals surface area (Å²) < 4.78 is 11.2. The van der Waals surface area contributed by atoms with Crippen molar-refractivity contribution in [2.45, 2.75) is 26.8 Å². The van der Waals surface area contributed by atoms with E-state index in [2.05, 4.69) is 43.5 Å². The highest BCUT2D eigenvalue weighted by Crippen LogP contribution is 2.32. The molecule has 4 nitrogen and oxygen atoms in total. The summed E-state index contributed by atoms with van der Waals surface area (Å²) in [5, 5.41) is 7.14. The van der Waals surface area contributed by atoms with Crippen LogP contribution in [0.1, 0.15) is 29.7 Å². The number of fused-ring (bicyclic) bond motifs is 1. The Morgan fingerprint density at radius 3 is 2.50 bits per heavy atom. The van der Waals surface area contributed by atoms with Gasteiger partial charge in [0, 0.05) is 5.69 Å². The van der Waals surface area contributed by atoms with Gasteiger partial charge in [0.1, 0.15) is 13.2 Å². The van der Waals surface area contributed by atoms with Crippen LogP contribution in [0.2, 0.25) is 0 Å². The summed E-state index contributed by atoms with van der Waals surface area (Å²) in [7, 11) is 0. The van der Waals surface area contributed by atoms with Crippen molar-refractivity contribution in [1.29, 1.82) is 0 Å². The average molecular weight is 342 g/mol. The van der Waals surface area contributed by atoms with Gasteiger partial charge in [0.15, 0.2) is 16.6 Å². The molecule has 0 unspecified atom stereocenters. The Morgan fingerprint density at radius 1 is 1.00 bits per heavy atom. The molecule has 0 aliphatic carbocycles. The molecule has 24 heavy (non-hydrogen) atoms. The normalized spacial score (nSPS) is 14.0. The van der Waals surface area contributed by atoms with Crippen LogP contribution >= 0.6 is 12.2 Å². The molecule has 126 valence electrons. The van der Waals surface area contributed by atoms with Gasteiger partial charge in [-0.05, 0) is 73.9 Å². The topological polar surface area (TPSA) is 42.5 Å². The fourth-order valence-electron chi connectivity index (χ4n) is 2.60. The smallest absolute Gasteiger partial charge is 0.171 e. The fourth-order valence-corrected chi connectivity index (χ4v) is 2.89. The Bertz CT molecular complexity index is 761. The molecule has 1 atom stereocenters. The van der Waals surface area contributed by atoms with Crippen molar-refractivity contribution < 1.29 is 9.47 Å². The molecule has 0 saturated carbocycles. The lowest BCUT2D eigenvalue weighted by Gasteiger charge is -2.22. The van der Waals surface area contributed by atoms with Crippen molar-refractivity contribution in [1.82, 2.24) is 5.32 Å². The van der Waals surface area contributed by atoms with Gasteiger partial charge in [-0.3, -0.25) is 0 Å². The molecule has 5 heteroatoms. The minimum absolute atomic E-state index is 0.0624. The maximum atomic E-state index is 5.64. The first-order valence-electron chi connectivity index (χ1n) is 8.07. The fraction of sp³-hybridized carbons (Fsp3) is 0.316. The van der Waals surface area contributed by atoms with E-state index in [0.29, 0.717) is 18.3 Å². The summed E-state index contributed by atoms with van der Waals surface area (Å²) in [6.07, 6.45) is 0. The van der Waals surface area contributed by atoms with Gasteiger partial charge < -0.3 is 20.1 Å². The van der Waals surface area contributed by atoms with Gasteiger partial charge >= 0.3 is 0 Å². The van der Waals surface area contributed by atoms with Crippen LogP contribution in [0.5, 0.6) is 11.5 Å². The number of benzene rings is 2. The number of thiocarbonyl (C=S) groups is 1. The van der Waals surface area contributed by atoms with Crippen LogP contribution in [-0.4, -0.2) is 18.3 Å². The highest BCUT2D eigenvalue weighted by atomic mass is 32.1. The SMILES string of the molecule is Cc1ccc(NC(=S)N[C@H](C)c2ccc3c(c2)OCCO3)cc1C. The summed E-state index contributed by atoms with van der Waals surface area (Å²) in [5.41, 5.74) is 4.60. The molecule has 1 aliphatic rings. The van der Waals surface area contributed by atoms with E-state index in [4.69, 9.17) is 21.7 Å². The summed E-state index contributed by atoms with van der Waals surface area (Å²) >= 11 is 5.43. The van der Waals surface area contributed by atoms with E-state index in [1.807, 2.05) is 24.3 Å². The molecule has 0 spiro atoms. The van der Waals surface area contributed by atoms with Crippen molar-refractivity contribution in [2.24, 2.45) is 0 Å². The van der Waals surface area contributed by atoms with Crippen molar-refractivity contribution >= 4 is 23.0 Å². The molecule has 1 heterocycles. The molecule has 2 aromatic carbocycles. The summed E-state index contributed by atoms with van der Waals surface area (Å²) in [4.78, 5) is 0. The van der Waals surface area contributed by atoms with Gasteiger partial charge in [-0.25, -0.2) is 0 Å². The second kappa shape index (κ2) is 7.09.